The number of methoxy groups -OCH3 is 1. The number of nitrogens with zero attached hydrogens (tertiary/aromatic N) is 2. The maximum atomic E-state index is 6.30. The van der Waals surface area contributed by atoms with E-state index in [2.05, 4.69) is 58.0 Å². The second kappa shape index (κ2) is 9.07. The first-order valence-corrected chi connectivity index (χ1v) is 12.2. The van der Waals surface area contributed by atoms with Crippen molar-refractivity contribution in [2.45, 2.75) is 25.8 Å². The topological polar surface area (TPSA) is 39.8 Å². The van der Waals surface area contributed by atoms with Gasteiger partial charge in [-0.1, -0.05) is 30.7 Å². The molecule has 0 radical (unpaired) electrons. The Labute approximate surface area is 199 Å². The molecule has 5 nitrogen and oxygen atoms in total. The van der Waals surface area contributed by atoms with Gasteiger partial charge < -0.3 is 18.5 Å². The third-order valence-corrected chi connectivity index (χ3v) is 6.97. The molecule has 3 aromatic carbocycles. The van der Waals surface area contributed by atoms with Crippen LogP contribution >= 0.6 is 0 Å². The Morgan fingerprint density at radius 3 is 2.47 bits per heavy atom. The van der Waals surface area contributed by atoms with Crippen LogP contribution in [0, 0.1) is 0 Å². The van der Waals surface area contributed by atoms with Crippen molar-refractivity contribution in [3.63, 3.8) is 0 Å². The monoisotopic (exact) mass is 454 g/mol. The highest BCUT2D eigenvalue weighted by Crippen LogP contribution is 2.38. The molecule has 0 spiro atoms. The summed E-state index contributed by atoms with van der Waals surface area (Å²) in [5.74, 6) is 1.76. The van der Waals surface area contributed by atoms with E-state index in [-0.39, 0.29) is 0 Å². The van der Waals surface area contributed by atoms with Crippen LogP contribution in [0.1, 0.15) is 24.8 Å². The summed E-state index contributed by atoms with van der Waals surface area (Å²) in [4.78, 5) is 2.50. The number of fused-ring (bicyclic) bond motifs is 5. The first-order valence-electron chi connectivity index (χ1n) is 12.2. The minimum Gasteiger partial charge on any atom is -0.497 e. The third kappa shape index (κ3) is 3.90. The molecule has 2 aromatic heterocycles. The summed E-state index contributed by atoms with van der Waals surface area (Å²) in [6, 6.07) is 23.0. The van der Waals surface area contributed by atoms with Crippen molar-refractivity contribution in [1.29, 1.82) is 0 Å². The largest absolute Gasteiger partial charge is 0.497 e. The molecule has 1 fully saturated rings. The van der Waals surface area contributed by atoms with Gasteiger partial charge in [0.15, 0.2) is 5.58 Å². The number of benzene rings is 3. The molecular formula is C29H30N2O3. The summed E-state index contributed by atoms with van der Waals surface area (Å²) in [6.45, 7) is 4.91. The summed E-state index contributed by atoms with van der Waals surface area (Å²) in [6.07, 6.45) is 3.99. The Kier molecular flexibility index (Phi) is 5.63. The fourth-order valence-corrected chi connectivity index (χ4v) is 5.18. The number of ether oxygens (including phenoxy) is 2. The van der Waals surface area contributed by atoms with Gasteiger partial charge in [0, 0.05) is 23.9 Å². The molecule has 174 valence electrons. The normalized spacial score (nSPS) is 14.9. The lowest BCUT2D eigenvalue weighted by Gasteiger charge is -2.26. The lowest BCUT2D eigenvalue weighted by atomic mass is 10.1. The molecule has 1 saturated heterocycles. The Hall–Kier alpha value is -3.44. The summed E-state index contributed by atoms with van der Waals surface area (Å²) in [5.41, 5.74) is 5.31. The number of furan rings is 1. The number of likely N-dealkylation sites (tertiary alicyclic amines) is 1. The average molecular weight is 455 g/mol. The van der Waals surface area contributed by atoms with Crippen molar-refractivity contribution in [2.75, 3.05) is 33.4 Å². The minimum atomic E-state index is 0.741. The Balaban J connectivity index is 1.28. The lowest BCUT2D eigenvalue weighted by Crippen LogP contribution is -2.33. The maximum absolute atomic E-state index is 6.30. The number of para-hydroxylation sites is 1. The molecule has 6 rings (SSSR count). The van der Waals surface area contributed by atoms with Gasteiger partial charge in [-0.3, -0.25) is 4.90 Å². The molecule has 0 aliphatic carbocycles. The smallest absolute Gasteiger partial charge is 0.161 e. The molecule has 1 aliphatic heterocycles. The van der Waals surface area contributed by atoms with Gasteiger partial charge in [0.2, 0.25) is 0 Å². The van der Waals surface area contributed by atoms with Crippen molar-refractivity contribution < 1.29 is 13.9 Å². The van der Waals surface area contributed by atoms with Crippen LogP contribution in [0.2, 0.25) is 0 Å². The average Bonchev–Trinajstić information content (AvgIpc) is 3.41. The lowest BCUT2D eigenvalue weighted by molar-refractivity contribution is 0.183. The summed E-state index contributed by atoms with van der Waals surface area (Å²) < 4.78 is 20.2. The molecule has 0 bridgehead atoms. The zero-order chi connectivity index (χ0) is 22.9. The van der Waals surface area contributed by atoms with E-state index >= 15 is 0 Å². The van der Waals surface area contributed by atoms with Crippen LogP contribution in [0.5, 0.6) is 11.5 Å². The van der Waals surface area contributed by atoms with Crippen molar-refractivity contribution in [2.24, 2.45) is 0 Å². The van der Waals surface area contributed by atoms with Crippen LogP contribution in [0.25, 0.3) is 33.0 Å². The quantitative estimate of drug-likeness (QED) is 0.283. The van der Waals surface area contributed by atoms with E-state index in [0.717, 1.165) is 64.2 Å². The molecular weight excluding hydrogens is 424 g/mol. The van der Waals surface area contributed by atoms with E-state index in [9.17, 15) is 0 Å². The first kappa shape index (κ1) is 21.1. The molecule has 0 unspecified atom stereocenters. The number of piperidine rings is 1. The second-order valence-electron chi connectivity index (χ2n) is 9.14. The van der Waals surface area contributed by atoms with Gasteiger partial charge in [0.1, 0.15) is 23.7 Å². The molecule has 0 N–H and O–H groups in total. The minimum absolute atomic E-state index is 0.741. The van der Waals surface area contributed by atoms with Crippen LogP contribution in [0.4, 0.5) is 0 Å². The van der Waals surface area contributed by atoms with Crippen LogP contribution in [-0.2, 0) is 6.54 Å². The summed E-state index contributed by atoms with van der Waals surface area (Å²) in [5, 5.41) is 2.20. The number of hydrogen-bond acceptors (Lipinski definition) is 4. The molecule has 1 aliphatic rings. The van der Waals surface area contributed by atoms with Gasteiger partial charge in [-0.15, -0.1) is 0 Å². The highest BCUT2D eigenvalue weighted by atomic mass is 16.5. The first-order chi connectivity index (χ1) is 16.8. The zero-order valence-corrected chi connectivity index (χ0v) is 19.6. The summed E-state index contributed by atoms with van der Waals surface area (Å²) in [7, 11) is 1.70. The number of aromatic nitrogens is 1. The fraction of sp³-hybridized carbons (Fsp3) is 0.310. The molecule has 3 heterocycles. The van der Waals surface area contributed by atoms with Crippen LogP contribution in [0.3, 0.4) is 0 Å². The Morgan fingerprint density at radius 2 is 1.65 bits per heavy atom. The number of rotatable bonds is 7. The van der Waals surface area contributed by atoms with Gasteiger partial charge in [-0.2, -0.15) is 0 Å². The molecule has 5 aromatic rings. The predicted molar refractivity (Wildman–Crippen MR) is 137 cm³/mol. The highest BCUT2D eigenvalue weighted by Gasteiger charge is 2.19. The van der Waals surface area contributed by atoms with E-state index in [1.807, 2.05) is 18.2 Å². The fourth-order valence-electron chi connectivity index (χ4n) is 5.18. The molecule has 0 atom stereocenters. The molecule has 0 saturated carbocycles. The van der Waals surface area contributed by atoms with Gasteiger partial charge in [-0.25, -0.2) is 0 Å². The van der Waals surface area contributed by atoms with Crippen molar-refractivity contribution in [3.8, 4) is 11.5 Å². The van der Waals surface area contributed by atoms with E-state index in [1.54, 1.807) is 7.11 Å². The van der Waals surface area contributed by atoms with Crippen LogP contribution in [-0.4, -0.2) is 42.8 Å². The standard InChI is InChI=1S/C29H30N2O3/c1-32-23-13-14-26-25(19-23)29-28(24-7-3-4-8-27(24)34-29)31(26)20-21-9-11-22(12-10-21)33-18-17-30-15-5-2-6-16-30/h3-4,7-14,19H,2,5-6,15-18,20H2,1H3. The van der Waals surface area contributed by atoms with Crippen molar-refractivity contribution in [1.82, 2.24) is 9.47 Å². The van der Waals surface area contributed by atoms with Gasteiger partial charge in [0.25, 0.3) is 0 Å². The third-order valence-electron chi connectivity index (χ3n) is 6.97. The van der Waals surface area contributed by atoms with Crippen molar-refractivity contribution in [3.05, 3.63) is 72.3 Å². The number of hydrogen-bond donors (Lipinski definition) is 0. The van der Waals surface area contributed by atoms with Gasteiger partial charge in [-0.05, 0) is 74.0 Å². The zero-order valence-electron chi connectivity index (χ0n) is 19.6. The van der Waals surface area contributed by atoms with E-state index < -0.39 is 0 Å². The SMILES string of the molecule is COc1ccc2c(c1)c1oc3ccccc3c1n2Cc1ccc(OCCN2CCCCC2)cc1. The molecule has 0 amide bonds. The van der Waals surface area contributed by atoms with E-state index in [1.165, 1.54) is 37.9 Å². The predicted octanol–water partition coefficient (Wildman–Crippen LogP) is 6.46. The van der Waals surface area contributed by atoms with Gasteiger partial charge in [0.05, 0.1) is 18.1 Å². The Morgan fingerprint density at radius 1 is 0.853 bits per heavy atom. The van der Waals surface area contributed by atoms with Crippen LogP contribution < -0.4 is 9.47 Å². The second-order valence-corrected chi connectivity index (χ2v) is 9.14. The molecule has 5 heteroatoms. The maximum Gasteiger partial charge on any atom is 0.161 e. The van der Waals surface area contributed by atoms with Crippen molar-refractivity contribution >= 4 is 33.0 Å². The van der Waals surface area contributed by atoms with E-state index in [0.29, 0.717) is 0 Å². The highest BCUT2D eigenvalue weighted by molar-refractivity contribution is 6.15. The Bertz CT molecular complexity index is 1430. The van der Waals surface area contributed by atoms with Gasteiger partial charge >= 0.3 is 0 Å². The summed E-state index contributed by atoms with van der Waals surface area (Å²) >= 11 is 0. The van der Waals surface area contributed by atoms with E-state index in [4.69, 9.17) is 13.9 Å². The molecule has 34 heavy (non-hydrogen) atoms. The van der Waals surface area contributed by atoms with Crippen LogP contribution in [0.15, 0.2) is 71.1 Å².